The van der Waals surface area contributed by atoms with Crippen LogP contribution >= 0.6 is 12.6 Å². The summed E-state index contributed by atoms with van der Waals surface area (Å²) in [5.41, 5.74) is 0. The average Bonchev–Trinajstić information content (AvgIpc) is 1.38. The summed E-state index contributed by atoms with van der Waals surface area (Å²) in [6.07, 6.45) is 0. The Bertz CT molecular complexity index is 46.8. The van der Waals surface area contributed by atoms with Crippen LogP contribution in [-0.2, 0) is 24.9 Å². The Hall–Kier alpha value is 0.469. The van der Waals surface area contributed by atoms with Gasteiger partial charge in [0.15, 0.2) is 0 Å². The van der Waals surface area contributed by atoms with Crippen molar-refractivity contribution in [1.29, 1.82) is 0 Å². The first-order valence-corrected chi connectivity index (χ1v) is 1.73. The van der Waals surface area contributed by atoms with Gasteiger partial charge in [0.2, 0.25) is 0 Å². The van der Waals surface area contributed by atoms with Crippen LogP contribution in [0.1, 0.15) is 0 Å². The van der Waals surface area contributed by atoms with Gasteiger partial charge in [0, 0.05) is 20.1 Å². The number of carbonyl (C=O) groups is 1. The smallest absolute Gasteiger partial charge is 0.313 e. The molecule has 37 valence electrons. The molecule has 0 atom stereocenters. The molecule has 6 heavy (non-hydrogen) atoms. The van der Waals surface area contributed by atoms with E-state index in [4.69, 9.17) is 5.11 Å². The van der Waals surface area contributed by atoms with Gasteiger partial charge in [-0.2, -0.15) is 12.6 Å². The maximum absolute atomic E-state index is 9.29. The number of hydrogen-bond acceptors (Lipinski definition) is 2. The predicted octanol–water partition coefficient (Wildman–Crippen LogP) is -0.00170. The molecule has 0 aromatic heterocycles. The van der Waals surface area contributed by atoms with Crippen LogP contribution < -0.4 is 0 Å². The van der Waals surface area contributed by atoms with Crippen LogP contribution in [0.4, 0.5) is 0 Å². The number of aliphatic carboxylic acids is 1. The summed E-state index contributed by atoms with van der Waals surface area (Å²) < 4.78 is 0. The van der Waals surface area contributed by atoms with Crippen LogP contribution in [0, 0.1) is 0 Å². The molecule has 0 fully saturated rings. The molecule has 0 aliphatic heterocycles. The molecule has 1 radical (unpaired) electrons. The fraction of sp³-hybridized carbons (Fsp3) is 0.500. The minimum atomic E-state index is -0.881. The van der Waals surface area contributed by atoms with Gasteiger partial charge in [-0.1, -0.05) is 0 Å². The van der Waals surface area contributed by atoms with Crippen LogP contribution in [0.15, 0.2) is 0 Å². The SMILES string of the molecule is O=C(O)CS.[Tc]. The molecule has 0 aliphatic carbocycles. The molecule has 0 unspecified atom stereocenters. The van der Waals surface area contributed by atoms with Crippen LogP contribution in [-0.4, -0.2) is 16.8 Å². The van der Waals surface area contributed by atoms with Crippen molar-refractivity contribution in [1.82, 2.24) is 0 Å². The Kier molecular flexibility index (Phi) is 8.83. The molecule has 4 heteroatoms. The zero-order chi connectivity index (χ0) is 4.28. The average molecular weight is 190 g/mol. The van der Waals surface area contributed by atoms with Crippen molar-refractivity contribution in [3.63, 3.8) is 0 Å². The molecular formula is C2H4O2STc. The van der Waals surface area contributed by atoms with Crippen molar-refractivity contribution in [3.05, 3.63) is 0 Å². The van der Waals surface area contributed by atoms with Crippen LogP contribution in [0.2, 0.25) is 0 Å². The third-order valence-corrected chi connectivity index (χ3v) is 0.406. The van der Waals surface area contributed by atoms with Gasteiger partial charge in [-0.05, 0) is 0 Å². The summed E-state index contributed by atoms with van der Waals surface area (Å²) in [4.78, 5) is 9.29. The summed E-state index contributed by atoms with van der Waals surface area (Å²) in [6, 6.07) is 0. The maximum Gasteiger partial charge on any atom is 0.313 e. The normalized spacial score (nSPS) is 6.17. The quantitative estimate of drug-likeness (QED) is 0.571. The molecule has 0 heterocycles. The van der Waals surface area contributed by atoms with Gasteiger partial charge < -0.3 is 5.11 Å². The predicted molar refractivity (Wildman–Crippen MR) is 21.5 cm³/mol. The molecule has 0 amide bonds. The second-order valence-electron chi connectivity index (χ2n) is 0.552. The molecule has 0 aromatic rings. The van der Waals surface area contributed by atoms with Gasteiger partial charge in [-0.3, -0.25) is 4.79 Å². The van der Waals surface area contributed by atoms with Gasteiger partial charge in [-0.25, -0.2) is 0 Å². The number of carboxylic acids is 1. The Morgan fingerprint density at radius 3 is 2.00 bits per heavy atom. The van der Waals surface area contributed by atoms with Crippen molar-refractivity contribution in [2.24, 2.45) is 0 Å². The molecule has 0 spiro atoms. The molecule has 2 nitrogen and oxygen atoms in total. The molecule has 0 aromatic carbocycles. The van der Waals surface area contributed by atoms with Crippen LogP contribution in [0.25, 0.3) is 0 Å². The van der Waals surface area contributed by atoms with E-state index >= 15 is 0 Å². The molecule has 0 saturated carbocycles. The first-order chi connectivity index (χ1) is 2.27. The topological polar surface area (TPSA) is 37.3 Å². The van der Waals surface area contributed by atoms with E-state index in [1.54, 1.807) is 0 Å². The molecule has 0 aliphatic rings. The molecule has 1 N–H and O–H groups in total. The molecule has 0 rings (SSSR count). The Labute approximate surface area is 54.7 Å². The number of carboxylic acid groups (broad SMARTS) is 1. The first kappa shape index (κ1) is 9.69. The first-order valence-electron chi connectivity index (χ1n) is 1.10. The van der Waals surface area contributed by atoms with Crippen molar-refractivity contribution in [2.75, 3.05) is 5.75 Å². The van der Waals surface area contributed by atoms with E-state index in [1.807, 2.05) is 0 Å². The van der Waals surface area contributed by atoms with E-state index in [0.29, 0.717) is 0 Å². The maximum atomic E-state index is 9.29. The minimum Gasteiger partial charge on any atom is -0.481 e. The molecular weight excluding hydrogens is 186 g/mol. The number of hydrogen-bond donors (Lipinski definition) is 2. The van der Waals surface area contributed by atoms with E-state index in [2.05, 4.69) is 12.6 Å². The van der Waals surface area contributed by atoms with Crippen molar-refractivity contribution >= 4 is 18.6 Å². The monoisotopic (exact) mass is 189 g/mol. The Morgan fingerprint density at radius 1 is 1.83 bits per heavy atom. The van der Waals surface area contributed by atoms with Gasteiger partial charge in [0.25, 0.3) is 0 Å². The molecule has 0 saturated heterocycles. The summed E-state index contributed by atoms with van der Waals surface area (Å²) in [5, 5.41) is 7.65. The second-order valence-corrected chi connectivity index (χ2v) is 0.868. The van der Waals surface area contributed by atoms with Crippen LogP contribution in [0.5, 0.6) is 0 Å². The summed E-state index contributed by atoms with van der Waals surface area (Å²) in [5.74, 6) is -0.965. The van der Waals surface area contributed by atoms with Crippen molar-refractivity contribution in [3.8, 4) is 0 Å². The third kappa shape index (κ3) is 8.82. The number of rotatable bonds is 1. The Balaban J connectivity index is 0. The van der Waals surface area contributed by atoms with E-state index in [-0.39, 0.29) is 25.9 Å². The Morgan fingerprint density at radius 2 is 2.00 bits per heavy atom. The summed E-state index contributed by atoms with van der Waals surface area (Å²) in [6.45, 7) is 0. The fourth-order valence-corrected chi connectivity index (χ4v) is 0. The fourth-order valence-electron chi connectivity index (χ4n) is 0. The van der Waals surface area contributed by atoms with Crippen molar-refractivity contribution in [2.45, 2.75) is 0 Å². The van der Waals surface area contributed by atoms with E-state index in [0.717, 1.165) is 0 Å². The van der Waals surface area contributed by atoms with Gasteiger partial charge in [0.05, 0.1) is 5.75 Å². The van der Waals surface area contributed by atoms with E-state index in [1.165, 1.54) is 0 Å². The zero-order valence-corrected chi connectivity index (χ0v) is 5.64. The van der Waals surface area contributed by atoms with E-state index < -0.39 is 5.97 Å². The van der Waals surface area contributed by atoms with E-state index in [9.17, 15) is 4.79 Å². The summed E-state index contributed by atoms with van der Waals surface area (Å²) in [7, 11) is 0. The largest absolute Gasteiger partial charge is 0.481 e. The van der Waals surface area contributed by atoms with Gasteiger partial charge in [0.1, 0.15) is 0 Å². The van der Waals surface area contributed by atoms with Crippen LogP contribution in [0.3, 0.4) is 0 Å². The summed E-state index contributed by atoms with van der Waals surface area (Å²) >= 11 is 3.42. The van der Waals surface area contributed by atoms with Gasteiger partial charge >= 0.3 is 5.97 Å². The third-order valence-electron chi connectivity index (χ3n) is 0.135. The van der Waals surface area contributed by atoms with Gasteiger partial charge in [-0.15, -0.1) is 0 Å². The second kappa shape index (κ2) is 5.47. The number of thiol groups is 1. The van der Waals surface area contributed by atoms with Crippen molar-refractivity contribution < 1.29 is 30.0 Å². The minimum absolute atomic E-state index is 0. The standard InChI is InChI=1S/C2H4O2S.Tc/c3-2(4)1-5;/h5H,1H2,(H,3,4);. The zero-order valence-electron chi connectivity index (χ0n) is 2.89. The molecule has 0 bridgehead atoms.